The number of amides is 1. The average molecular weight is 422 g/mol. The Balaban J connectivity index is 0.000000806. The SMILES string of the molecule is O=C(O)CN1C[C@@H]2[C@H](CNC(=O)CCc3cccc(F)c3)[C@H]3CC[C@]2(C1)O3.O=CO. The van der Waals surface area contributed by atoms with Crippen molar-refractivity contribution in [3.8, 4) is 0 Å². The summed E-state index contributed by atoms with van der Waals surface area (Å²) in [7, 11) is 0. The number of aliphatic carboxylic acids is 1. The van der Waals surface area contributed by atoms with Crippen LogP contribution in [0.4, 0.5) is 4.39 Å². The highest BCUT2D eigenvalue weighted by Crippen LogP contribution is 2.54. The van der Waals surface area contributed by atoms with Crippen LogP contribution in [0.2, 0.25) is 0 Å². The number of fused-ring (bicyclic) bond motifs is 1. The summed E-state index contributed by atoms with van der Waals surface area (Å²) in [6.45, 7) is 1.73. The van der Waals surface area contributed by atoms with E-state index in [0.29, 0.717) is 32.5 Å². The molecule has 4 atom stereocenters. The van der Waals surface area contributed by atoms with Crippen molar-refractivity contribution in [1.82, 2.24) is 10.2 Å². The lowest BCUT2D eigenvalue weighted by atomic mass is 9.73. The molecule has 2 bridgehead atoms. The number of ether oxygens (including phenoxy) is 1. The van der Waals surface area contributed by atoms with Crippen molar-refractivity contribution < 1.29 is 33.7 Å². The first-order valence-corrected chi connectivity index (χ1v) is 10.1. The average Bonchev–Trinajstić information content (AvgIpc) is 3.33. The van der Waals surface area contributed by atoms with E-state index in [1.165, 1.54) is 12.1 Å². The number of hydrogen-bond acceptors (Lipinski definition) is 5. The van der Waals surface area contributed by atoms with Crippen molar-refractivity contribution in [3.05, 3.63) is 35.6 Å². The van der Waals surface area contributed by atoms with Crippen LogP contribution in [-0.2, 0) is 25.5 Å². The van der Waals surface area contributed by atoms with Crippen molar-refractivity contribution in [3.63, 3.8) is 0 Å². The van der Waals surface area contributed by atoms with E-state index >= 15 is 0 Å². The van der Waals surface area contributed by atoms with Gasteiger partial charge in [0.05, 0.1) is 18.2 Å². The molecule has 3 fully saturated rings. The van der Waals surface area contributed by atoms with Gasteiger partial charge < -0.3 is 20.3 Å². The monoisotopic (exact) mass is 422 g/mol. The first-order chi connectivity index (χ1) is 14.4. The van der Waals surface area contributed by atoms with Gasteiger partial charge in [0.15, 0.2) is 0 Å². The van der Waals surface area contributed by atoms with Crippen molar-refractivity contribution in [2.75, 3.05) is 26.2 Å². The molecule has 0 aliphatic carbocycles. The summed E-state index contributed by atoms with van der Waals surface area (Å²) in [6.07, 6.45) is 2.94. The van der Waals surface area contributed by atoms with Gasteiger partial charge in [-0.15, -0.1) is 0 Å². The summed E-state index contributed by atoms with van der Waals surface area (Å²) < 4.78 is 19.5. The zero-order valence-electron chi connectivity index (χ0n) is 16.6. The highest BCUT2D eigenvalue weighted by Gasteiger charge is 2.62. The summed E-state index contributed by atoms with van der Waals surface area (Å²) in [5.74, 6) is -0.640. The molecule has 0 unspecified atom stereocenters. The van der Waals surface area contributed by atoms with Crippen LogP contribution < -0.4 is 5.32 Å². The van der Waals surface area contributed by atoms with Crippen molar-refractivity contribution >= 4 is 18.3 Å². The van der Waals surface area contributed by atoms with Crippen LogP contribution in [0.25, 0.3) is 0 Å². The molecule has 0 saturated carbocycles. The lowest BCUT2D eigenvalue weighted by Crippen LogP contribution is -2.41. The molecule has 3 heterocycles. The number of aryl methyl sites for hydroxylation is 1. The van der Waals surface area contributed by atoms with Gasteiger partial charge in [0.1, 0.15) is 5.82 Å². The maximum Gasteiger partial charge on any atom is 0.317 e. The molecule has 1 spiro atoms. The number of hydrogen-bond donors (Lipinski definition) is 3. The molecule has 1 aromatic rings. The number of nitrogens with zero attached hydrogens (tertiary/aromatic N) is 1. The first kappa shape index (κ1) is 22.2. The highest BCUT2D eigenvalue weighted by molar-refractivity contribution is 5.76. The summed E-state index contributed by atoms with van der Waals surface area (Å²) in [4.78, 5) is 33.6. The first-order valence-electron chi connectivity index (χ1n) is 10.1. The van der Waals surface area contributed by atoms with Crippen LogP contribution >= 0.6 is 0 Å². The fraction of sp³-hybridized carbons (Fsp3) is 0.571. The van der Waals surface area contributed by atoms with E-state index in [2.05, 4.69) is 5.32 Å². The number of carbonyl (C=O) groups excluding carboxylic acids is 1. The minimum absolute atomic E-state index is 0.0407. The number of carbonyl (C=O) groups is 3. The maximum absolute atomic E-state index is 13.2. The highest BCUT2D eigenvalue weighted by atomic mass is 19.1. The molecule has 0 radical (unpaired) electrons. The Hall–Kier alpha value is -2.52. The summed E-state index contributed by atoms with van der Waals surface area (Å²) in [5, 5.41) is 19.0. The standard InChI is InChI=1S/C20H25FN2O4.CH2O2/c21-14-3-1-2-13(8-14)4-5-18(24)22-9-15-16-10-23(11-19(25)26)12-20(16)7-6-17(15)27-20;2-1-3/h1-3,8,15-17H,4-7,9-12H2,(H,22,24)(H,25,26);1H,(H,2,3)/t15-,16+,17+,20+;/m0./s1. The molecule has 4 rings (SSSR count). The lowest BCUT2D eigenvalue weighted by molar-refractivity contribution is -0.138. The van der Waals surface area contributed by atoms with Crippen molar-refractivity contribution in [2.45, 2.75) is 37.4 Å². The van der Waals surface area contributed by atoms with Gasteiger partial charge in [-0.05, 0) is 37.0 Å². The zero-order valence-corrected chi connectivity index (χ0v) is 16.6. The van der Waals surface area contributed by atoms with Crippen LogP contribution in [0, 0.1) is 17.7 Å². The van der Waals surface area contributed by atoms with Crippen LogP contribution in [0.3, 0.4) is 0 Å². The number of rotatable bonds is 7. The summed E-state index contributed by atoms with van der Waals surface area (Å²) >= 11 is 0. The quantitative estimate of drug-likeness (QED) is 0.564. The van der Waals surface area contributed by atoms with E-state index in [0.717, 1.165) is 18.4 Å². The van der Waals surface area contributed by atoms with E-state index < -0.39 is 5.97 Å². The van der Waals surface area contributed by atoms with Gasteiger partial charge in [-0.1, -0.05) is 12.1 Å². The maximum atomic E-state index is 13.2. The summed E-state index contributed by atoms with van der Waals surface area (Å²) in [5.41, 5.74) is 0.587. The molecule has 1 aromatic carbocycles. The van der Waals surface area contributed by atoms with Gasteiger partial charge in [0.25, 0.3) is 6.47 Å². The number of benzene rings is 1. The van der Waals surface area contributed by atoms with Crippen molar-refractivity contribution in [2.24, 2.45) is 11.8 Å². The van der Waals surface area contributed by atoms with Crippen LogP contribution in [0.5, 0.6) is 0 Å². The second-order valence-corrected chi connectivity index (χ2v) is 8.13. The number of halogens is 1. The fourth-order valence-electron chi connectivity index (χ4n) is 5.14. The molecule has 1 amide bonds. The van der Waals surface area contributed by atoms with Crippen LogP contribution in [0.1, 0.15) is 24.8 Å². The molecule has 3 aliphatic rings. The molecule has 3 saturated heterocycles. The van der Waals surface area contributed by atoms with E-state index in [1.54, 1.807) is 6.07 Å². The Kier molecular flexibility index (Phi) is 7.04. The number of likely N-dealkylation sites (tertiary alicyclic amines) is 1. The van der Waals surface area contributed by atoms with Gasteiger partial charge in [0.2, 0.25) is 5.91 Å². The Bertz CT molecular complexity index is 791. The minimum atomic E-state index is -0.817. The number of carboxylic acid groups (broad SMARTS) is 2. The van der Waals surface area contributed by atoms with Gasteiger partial charge in [-0.25, -0.2) is 4.39 Å². The topological polar surface area (TPSA) is 116 Å². The predicted octanol–water partition coefficient (Wildman–Crippen LogP) is 1.14. The Morgan fingerprint density at radius 2 is 2.17 bits per heavy atom. The fourth-order valence-corrected chi connectivity index (χ4v) is 5.14. The van der Waals surface area contributed by atoms with Crippen LogP contribution in [0.15, 0.2) is 24.3 Å². The normalized spacial score (nSPS) is 29.0. The van der Waals surface area contributed by atoms with Gasteiger partial charge in [-0.2, -0.15) is 0 Å². The van der Waals surface area contributed by atoms with Crippen LogP contribution in [-0.4, -0.2) is 71.3 Å². The van der Waals surface area contributed by atoms with E-state index in [-0.39, 0.29) is 48.3 Å². The second-order valence-electron chi connectivity index (χ2n) is 8.13. The number of nitrogens with one attached hydrogen (secondary N) is 1. The Labute approximate surface area is 174 Å². The third-order valence-corrected chi connectivity index (χ3v) is 6.28. The Morgan fingerprint density at radius 1 is 1.40 bits per heavy atom. The molecular weight excluding hydrogens is 395 g/mol. The lowest BCUT2D eigenvalue weighted by Gasteiger charge is -2.29. The smallest absolute Gasteiger partial charge is 0.317 e. The van der Waals surface area contributed by atoms with E-state index in [1.807, 2.05) is 11.0 Å². The predicted molar refractivity (Wildman–Crippen MR) is 104 cm³/mol. The summed E-state index contributed by atoms with van der Waals surface area (Å²) in [6, 6.07) is 6.32. The molecule has 3 aliphatic heterocycles. The third-order valence-electron chi connectivity index (χ3n) is 6.28. The van der Waals surface area contributed by atoms with Gasteiger partial charge >= 0.3 is 5.97 Å². The molecular formula is C21H27FN2O6. The molecule has 0 aromatic heterocycles. The van der Waals surface area contributed by atoms with Gasteiger partial charge in [0, 0.05) is 37.9 Å². The molecule has 3 N–H and O–H groups in total. The molecule has 9 heteroatoms. The zero-order chi connectivity index (χ0) is 21.7. The largest absolute Gasteiger partial charge is 0.483 e. The van der Waals surface area contributed by atoms with Gasteiger partial charge in [-0.3, -0.25) is 19.3 Å². The molecule has 8 nitrogen and oxygen atoms in total. The van der Waals surface area contributed by atoms with E-state index in [4.69, 9.17) is 19.7 Å². The minimum Gasteiger partial charge on any atom is -0.483 e. The van der Waals surface area contributed by atoms with E-state index in [9.17, 15) is 14.0 Å². The number of carboxylic acids is 1. The second kappa shape index (κ2) is 9.53. The Morgan fingerprint density at radius 3 is 2.87 bits per heavy atom. The molecule has 30 heavy (non-hydrogen) atoms. The van der Waals surface area contributed by atoms with Crippen molar-refractivity contribution in [1.29, 1.82) is 0 Å². The third kappa shape index (κ3) is 4.96. The molecule has 164 valence electrons.